The lowest BCUT2D eigenvalue weighted by atomic mass is 10.1. The third-order valence-electron chi connectivity index (χ3n) is 6.95. The van der Waals surface area contributed by atoms with Crippen LogP contribution in [-0.4, -0.2) is 29.9 Å². The molecule has 1 N–H and O–H groups in total. The molecule has 0 unspecified atom stereocenters. The van der Waals surface area contributed by atoms with Gasteiger partial charge in [0.15, 0.2) is 18.1 Å². The number of rotatable bonds is 20. The second-order valence-electron chi connectivity index (χ2n) is 10.4. The van der Waals surface area contributed by atoms with Crippen molar-refractivity contribution in [1.29, 1.82) is 0 Å². The minimum atomic E-state index is -0.180. The maximum Gasteiger partial charge on any atom is 0.262 e. The van der Waals surface area contributed by atoms with E-state index in [2.05, 4.69) is 36.3 Å². The Kier molecular flexibility index (Phi) is 14.8. The maximum atomic E-state index is 12.7. The summed E-state index contributed by atoms with van der Waals surface area (Å²) in [5.74, 6) is 2.06. The van der Waals surface area contributed by atoms with E-state index < -0.39 is 0 Å². The number of hydrogen-bond donors (Lipinski definition) is 1. The Labute approximate surface area is 240 Å². The Morgan fingerprint density at radius 2 is 1.41 bits per heavy atom. The second-order valence-corrected chi connectivity index (χ2v) is 11.6. The number of allylic oxidation sites excluding steroid dienone is 1. The van der Waals surface area contributed by atoms with Gasteiger partial charge in [0.05, 0.1) is 12.5 Å². The number of amides is 1. The van der Waals surface area contributed by atoms with Gasteiger partial charge >= 0.3 is 0 Å². The average Bonchev–Trinajstić information content (AvgIpc) is 3.36. The molecule has 2 aromatic rings. The van der Waals surface area contributed by atoms with Crippen LogP contribution in [0.4, 0.5) is 5.69 Å². The van der Waals surface area contributed by atoms with Crippen LogP contribution < -0.4 is 14.8 Å². The van der Waals surface area contributed by atoms with Gasteiger partial charge in [-0.1, -0.05) is 108 Å². The lowest BCUT2D eigenvalue weighted by Gasteiger charge is -2.18. The Balaban J connectivity index is 1.31. The van der Waals surface area contributed by atoms with Gasteiger partial charge < -0.3 is 19.7 Å². The number of ether oxygens (including phenoxy) is 2. The van der Waals surface area contributed by atoms with Crippen LogP contribution in [0.15, 0.2) is 59.6 Å². The number of thioether (sulfide) groups is 1. The standard InChI is InChI=1S/C33H48N2O3S/c1-3-4-5-6-7-8-9-10-11-12-13-18-23-37-31-21-16-17-22-32(31)38-26-33(36)34-30-20-15-14-19-29(30)25-35-24-28(2)39-27-35/h14-17,19-22,24H,3-13,18,23,25-27H2,1-2H3,(H,34,36). The molecule has 3 rings (SSSR count). The summed E-state index contributed by atoms with van der Waals surface area (Å²) in [5, 5.41) is 3.02. The van der Waals surface area contributed by atoms with E-state index in [4.69, 9.17) is 9.47 Å². The topological polar surface area (TPSA) is 50.8 Å². The van der Waals surface area contributed by atoms with Crippen LogP contribution in [0.2, 0.25) is 0 Å². The van der Waals surface area contributed by atoms with Crippen molar-refractivity contribution < 1.29 is 14.3 Å². The number of nitrogens with one attached hydrogen (secondary N) is 1. The predicted octanol–water partition coefficient (Wildman–Crippen LogP) is 9.15. The molecule has 0 spiro atoms. The second kappa shape index (κ2) is 18.6. The Bertz CT molecular complexity index is 1010. The van der Waals surface area contributed by atoms with E-state index in [1.54, 1.807) is 0 Å². The fraction of sp³-hybridized carbons (Fsp3) is 0.545. The van der Waals surface area contributed by atoms with Crippen molar-refractivity contribution in [2.24, 2.45) is 0 Å². The van der Waals surface area contributed by atoms with E-state index in [1.165, 1.54) is 75.5 Å². The molecule has 2 aromatic carbocycles. The van der Waals surface area contributed by atoms with E-state index in [9.17, 15) is 4.79 Å². The Morgan fingerprint density at radius 1 is 0.821 bits per heavy atom. The van der Waals surface area contributed by atoms with E-state index >= 15 is 0 Å². The zero-order valence-electron chi connectivity index (χ0n) is 24.1. The fourth-order valence-electron chi connectivity index (χ4n) is 4.75. The summed E-state index contributed by atoms with van der Waals surface area (Å²) in [4.78, 5) is 16.3. The third-order valence-corrected chi connectivity index (χ3v) is 7.97. The molecule has 6 heteroatoms. The lowest BCUT2D eigenvalue weighted by molar-refractivity contribution is -0.118. The van der Waals surface area contributed by atoms with Crippen LogP contribution in [0.1, 0.15) is 96.5 Å². The highest BCUT2D eigenvalue weighted by Crippen LogP contribution is 2.28. The maximum absolute atomic E-state index is 12.7. The minimum absolute atomic E-state index is 0.0636. The highest BCUT2D eigenvalue weighted by molar-refractivity contribution is 8.03. The monoisotopic (exact) mass is 552 g/mol. The van der Waals surface area contributed by atoms with Gasteiger partial charge in [-0.2, -0.15) is 0 Å². The largest absolute Gasteiger partial charge is 0.490 e. The first-order chi connectivity index (χ1) is 19.2. The highest BCUT2D eigenvalue weighted by atomic mass is 32.2. The van der Waals surface area contributed by atoms with Crippen LogP contribution in [0.3, 0.4) is 0 Å². The molecule has 1 amide bonds. The van der Waals surface area contributed by atoms with Crippen molar-refractivity contribution in [3.05, 3.63) is 65.2 Å². The normalized spacial score (nSPS) is 12.9. The summed E-state index contributed by atoms with van der Waals surface area (Å²) >= 11 is 1.83. The van der Waals surface area contributed by atoms with Gasteiger partial charge in [-0.15, -0.1) is 11.8 Å². The van der Waals surface area contributed by atoms with Crippen molar-refractivity contribution in [3.63, 3.8) is 0 Å². The van der Waals surface area contributed by atoms with E-state index in [1.807, 2.05) is 54.2 Å². The Morgan fingerprint density at radius 3 is 2.05 bits per heavy atom. The van der Waals surface area contributed by atoms with Gasteiger partial charge in [0.1, 0.15) is 0 Å². The van der Waals surface area contributed by atoms with Crippen molar-refractivity contribution in [2.75, 3.05) is 24.4 Å². The number of para-hydroxylation sites is 3. The molecular weight excluding hydrogens is 504 g/mol. The predicted molar refractivity (Wildman–Crippen MR) is 165 cm³/mol. The van der Waals surface area contributed by atoms with Gasteiger partial charge in [0.2, 0.25) is 0 Å². The summed E-state index contributed by atoms with van der Waals surface area (Å²) in [6.07, 6.45) is 18.0. The quantitative estimate of drug-likeness (QED) is 0.166. The van der Waals surface area contributed by atoms with Crippen molar-refractivity contribution in [1.82, 2.24) is 4.90 Å². The van der Waals surface area contributed by atoms with Gasteiger partial charge in [0, 0.05) is 18.4 Å². The molecule has 0 bridgehead atoms. The summed E-state index contributed by atoms with van der Waals surface area (Å²) < 4.78 is 11.9. The Hall–Kier alpha value is -2.60. The smallest absolute Gasteiger partial charge is 0.262 e. The number of anilines is 1. The molecule has 5 nitrogen and oxygen atoms in total. The molecule has 1 aliphatic heterocycles. The van der Waals surface area contributed by atoms with Crippen LogP contribution in [0, 0.1) is 0 Å². The van der Waals surface area contributed by atoms with E-state index in [0.29, 0.717) is 18.1 Å². The van der Waals surface area contributed by atoms with E-state index in [0.717, 1.165) is 30.1 Å². The highest BCUT2D eigenvalue weighted by Gasteiger charge is 2.14. The molecule has 0 atom stereocenters. The molecule has 0 saturated carbocycles. The first-order valence-corrected chi connectivity index (χ1v) is 15.9. The van der Waals surface area contributed by atoms with Crippen LogP contribution in [0.5, 0.6) is 11.5 Å². The van der Waals surface area contributed by atoms with Gasteiger partial charge in [-0.3, -0.25) is 4.79 Å². The van der Waals surface area contributed by atoms with Gasteiger partial charge in [-0.05, 0) is 42.0 Å². The first-order valence-electron chi connectivity index (χ1n) is 14.9. The number of unbranched alkanes of at least 4 members (excludes halogenated alkanes) is 11. The number of nitrogens with zero attached hydrogens (tertiary/aromatic N) is 1. The van der Waals surface area contributed by atoms with Gasteiger partial charge in [-0.25, -0.2) is 0 Å². The van der Waals surface area contributed by atoms with Crippen molar-refractivity contribution in [2.45, 2.75) is 97.4 Å². The van der Waals surface area contributed by atoms with Crippen LogP contribution in [0.25, 0.3) is 0 Å². The molecule has 0 saturated heterocycles. The number of carbonyl (C=O) groups excluding carboxylic acids is 1. The van der Waals surface area contributed by atoms with E-state index in [-0.39, 0.29) is 12.5 Å². The molecule has 1 heterocycles. The molecule has 1 aliphatic rings. The molecule has 0 radical (unpaired) electrons. The fourth-order valence-corrected chi connectivity index (χ4v) is 5.51. The molecule has 0 aromatic heterocycles. The zero-order valence-corrected chi connectivity index (χ0v) is 24.9. The number of carbonyl (C=O) groups is 1. The molecule has 0 aliphatic carbocycles. The third kappa shape index (κ3) is 12.4. The number of benzene rings is 2. The lowest BCUT2D eigenvalue weighted by Crippen LogP contribution is -2.22. The zero-order chi connectivity index (χ0) is 27.5. The summed E-state index contributed by atoms with van der Waals surface area (Å²) in [5.41, 5.74) is 1.91. The molecule has 39 heavy (non-hydrogen) atoms. The van der Waals surface area contributed by atoms with Gasteiger partial charge in [0.25, 0.3) is 5.91 Å². The SMILES string of the molecule is CCCCCCCCCCCCCCOc1ccccc1OCC(=O)Nc1ccccc1CN1C=C(C)SC1. The molecule has 0 fully saturated rings. The van der Waals surface area contributed by atoms with Crippen molar-refractivity contribution in [3.8, 4) is 11.5 Å². The minimum Gasteiger partial charge on any atom is -0.490 e. The van der Waals surface area contributed by atoms with Crippen LogP contribution >= 0.6 is 11.8 Å². The average molecular weight is 553 g/mol. The van der Waals surface area contributed by atoms with Crippen LogP contribution in [-0.2, 0) is 11.3 Å². The molecular formula is C33H48N2O3S. The first kappa shape index (κ1) is 30.9. The van der Waals surface area contributed by atoms with Crippen molar-refractivity contribution >= 4 is 23.4 Å². The molecule has 214 valence electrons. The number of hydrogen-bond acceptors (Lipinski definition) is 5. The summed E-state index contributed by atoms with van der Waals surface area (Å²) in [6.45, 7) is 5.76. The summed E-state index contributed by atoms with van der Waals surface area (Å²) in [7, 11) is 0. The summed E-state index contributed by atoms with van der Waals surface area (Å²) in [6, 6.07) is 15.6.